The second-order valence-corrected chi connectivity index (χ2v) is 11.5. The average molecular weight is 620 g/mol. The van der Waals surface area contributed by atoms with Crippen LogP contribution in [0.15, 0.2) is 47.2 Å². The van der Waals surface area contributed by atoms with Crippen molar-refractivity contribution in [2.24, 2.45) is 0 Å². The first-order valence-electron chi connectivity index (χ1n) is 13.7. The third kappa shape index (κ3) is 5.56. The number of anilines is 1. The van der Waals surface area contributed by atoms with E-state index in [1.807, 2.05) is 46.8 Å². The summed E-state index contributed by atoms with van der Waals surface area (Å²) in [7, 11) is 0. The minimum atomic E-state index is -0.393. The molecule has 10 nitrogen and oxygen atoms in total. The minimum Gasteiger partial charge on any atom is -0.369 e. The predicted molar refractivity (Wildman–Crippen MR) is 166 cm³/mol. The second-order valence-electron chi connectivity index (χ2n) is 11.5. The molecule has 214 valence electrons. The van der Waals surface area contributed by atoms with E-state index < -0.39 is 5.91 Å². The summed E-state index contributed by atoms with van der Waals surface area (Å²) in [4.78, 5) is 32.2. The number of piperazine rings is 1. The zero-order chi connectivity index (χ0) is 28.0. The fourth-order valence-corrected chi connectivity index (χ4v) is 5.32. The number of nitrogens with zero attached hydrogens (tertiary/aromatic N) is 5. The van der Waals surface area contributed by atoms with Crippen LogP contribution in [0.1, 0.15) is 61.4 Å². The number of halogens is 1. The summed E-state index contributed by atoms with van der Waals surface area (Å²) in [5, 5.41) is 12.5. The highest BCUT2D eigenvalue weighted by molar-refractivity contribution is 8.93. The number of hydrogen-bond donors (Lipinski definition) is 3. The third-order valence-corrected chi connectivity index (χ3v) is 7.50. The molecule has 0 aliphatic carbocycles. The lowest BCUT2D eigenvalue weighted by atomic mass is 9.96. The highest BCUT2D eigenvalue weighted by atomic mass is 79.9. The summed E-state index contributed by atoms with van der Waals surface area (Å²) in [6.07, 6.45) is 1.60. The van der Waals surface area contributed by atoms with E-state index in [-0.39, 0.29) is 34.3 Å². The lowest BCUT2D eigenvalue weighted by Gasteiger charge is -2.29. The highest BCUT2D eigenvalue weighted by Crippen LogP contribution is 2.35. The lowest BCUT2D eigenvalue weighted by molar-refractivity contribution is 0.0895. The van der Waals surface area contributed by atoms with Gasteiger partial charge in [0.1, 0.15) is 12.0 Å². The maximum atomic E-state index is 12.8. The number of aromatic amines is 1. The molecule has 41 heavy (non-hydrogen) atoms. The first kappa shape index (κ1) is 28.7. The number of aryl methyl sites for hydroxylation is 1. The molecule has 1 fully saturated rings. The van der Waals surface area contributed by atoms with Crippen molar-refractivity contribution in [2.75, 3.05) is 31.1 Å². The monoisotopic (exact) mass is 618 g/mol. The van der Waals surface area contributed by atoms with Crippen molar-refractivity contribution >= 4 is 50.5 Å². The molecule has 5 aromatic rings. The van der Waals surface area contributed by atoms with Crippen molar-refractivity contribution in [3.05, 3.63) is 65.6 Å². The molecule has 2 aromatic carbocycles. The van der Waals surface area contributed by atoms with Gasteiger partial charge in [-0.25, -0.2) is 9.97 Å². The Labute approximate surface area is 249 Å². The van der Waals surface area contributed by atoms with Crippen LogP contribution in [0, 0.1) is 6.92 Å². The van der Waals surface area contributed by atoms with Crippen LogP contribution in [0.4, 0.5) is 5.69 Å². The lowest BCUT2D eigenvalue weighted by Crippen LogP contribution is -2.43. The molecule has 3 N–H and O–H groups in total. The molecule has 3 aromatic heterocycles. The Bertz CT molecular complexity index is 1720. The summed E-state index contributed by atoms with van der Waals surface area (Å²) in [6, 6.07) is 12.5. The van der Waals surface area contributed by atoms with Gasteiger partial charge in [0, 0.05) is 53.7 Å². The molecule has 1 amide bonds. The molecule has 1 atom stereocenters. The first-order chi connectivity index (χ1) is 19.2. The van der Waals surface area contributed by atoms with Gasteiger partial charge >= 0.3 is 11.8 Å². The van der Waals surface area contributed by atoms with Gasteiger partial charge in [-0.05, 0) is 43.2 Å². The van der Waals surface area contributed by atoms with Crippen molar-refractivity contribution in [2.45, 2.75) is 46.1 Å². The van der Waals surface area contributed by atoms with Gasteiger partial charge in [-0.2, -0.15) is 4.98 Å². The van der Waals surface area contributed by atoms with Crippen LogP contribution in [0.3, 0.4) is 0 Å². The van der Waals surface area contributed by atoms with Crippen LogP contribution in [-0.2, 0) is 5.41 Å². The smallest absolute Gasteiger partial charge is 0.315 e. The van der Waals surface area contributed by atoms with E-state index in [1.165, 1.54) is 5.69 Å². The van der Waals surface area contributed by atoms with Crippen molar-refractivity contribution < 1.29 is 9.32 Å². The van der Waals surface area contributed by atoms with Crippen molar-refractivity contribution in [1.82, 2.24) is 35.7 Å². The molecule has 1 aliphatic rings. The SMILES string of the molecule is Br.Cc1cc(-c2ncnc3[nH]c4cc(N5CCNCC5)ccc4c23)ccc1[C@@H](C)NC(=O)c1nc(C(C)(C)C)no1. The van der Waals surface area contributed by atoms with E-state index in [0.717, 1.165) is 70.5 Å². The molecule has 0 radical (unpaired) electrons. The highest BCUT2D eigenvalue weighted by Gasteiger charge is 2.25. The van der Waals surface area contributed by atoms with Gasteiger partial charge in [0.15, 0.2) is 5.82 Å². The number of hydrogen-bond acceptors (Lipinski definition) is 8. The van der Waals surface area contributed by atoms with E-state index in [1.54, 1.807) is 6.33 Å². The number of rotatable bonds is 5. The van der Waals surface area contributed by atoms with Gasteiger partial charge in [-0.1, -0.05) is 44.1 Å². The van der Waals surface area contributed by atoms with Gasteiger partial charge in [-0.15, -0.1) is 17.0 Å². The van der Waals surface area contributed by atoms with Crippen molar-refractivity contribution in [3.8, 4) is 11.3 Å². The molecule has 11 heteroatoms. The Morgan fingerprint density at radius 3 is 2.59 bits per heavy atom. The number of fused-ring (bicyclic) bond motifs is 3. The number of aromatic nitrogens is 5. The Kier molecular flexibility index (Phi) is 7.85. The average Bonchev–Trinajstić information content (AvgIpc) is 3.58. The van der Waals surface area contributed by atoms with Gasteiger partial charge in [0.05, 0.1) is 17.1 Å². The number of carbonyl (C=O) groups is 1. The maximum Gasteiger partial charge on any atom is 0.315 e. The van der Waals surface area contributed by atoms with E-state index in [2.05, 4.69) is 59.9 Å². The van der Waals surface area contributed by atoms with Crippen molar-refractivity contribution in [1.29, 1.82) is 0 Å². The van der Waals surface area contributed by atoms with Gasteiger partial charge in [0.25, 0.3) is 0 Å². The molecular weight excluding hydrogens is 584 g/mol. The number of amides is 1. The molecule has 0 saturated carbocycles. The van der Waals surface area contributed by atoms with Crippen molar-refractivity contribution in [3.63, 3.8) is 0 Å². The Morgan fingerprint density at radius 2 is 1.88 bits per heavy atom. The van der Waals surface area contributed by atoms with E-state index in [0.29, 0.717) is 5.82 Å². The zero-order valence-corrected chi connectivity index (χ0v) is 25.6. The van der Waals surface area contributed by atoms with E-state index in [9.17, 15) is 4.79 Å². The predicted octanol–water partition coefficient (Wildman–Crippen LogP) is 5.25. The van der Waals surface area contributed by atoms with Crippen LogP contribution >= 0.6 is 17.0 Å². The zero-order valence-electron chi connectivity index (χ0n) is 23.9. The maximum absolute atomic E-state index is 12.8. The molecule has 0 unspecified atom stereocenters. The third-order valence-electron chi connectivity index (χ3n) is 7.50. The summed E-state index contributed by atoms with van der Waals surface area (Å²) in [6.45, 7) is 13.9. The number of H-pyrrole nitrogens is 1. The molecular formula is C30H35BrN8O2. The van der Waals surface area contributed by atoms with Crippen LogP contribution in [-0.4, -0.2) is 57.2 Å². The van der Waals surface area contributed by atoms with E-state index >= 15 is 0 Å². The molecule has 1 aliphatic heterocycles. The van der Waals surface area contributed by atoms with Crippen LogP contribution in [0.5, 0.6) is 0 Å². The quantitative estimate of drug-likeness (QED) is 0.244. The fourth-order valence-electron chi connectivity index (χ4n) is 5.32. The largest absolute Gasteiger partial charge is 0.369 e. The standard InChI is InChI=1S/C30H34N8O2.BrH/c1-17-14-19(6-8-21(17)18(2)34-27(39)28-36-29(37-40-28)30(3,4)5)25-24-22-9-7-20(38-12-10-31-11-13-38)15-23(22)35-26(24)33-16-32-25;/h6-9,14-16,18,31H,10-13H2,1-5H3,(H,34,39)(H,32,33,35);1H/t18-;/m1./s1. The molecule has 6 rings (SSSR count). The van der Waals surface area contributed by atoms with Crippen LogP contribution in [0.2, 0.25) is 0 Å². The Morgan fingerprint density at radius 1 is 1.10 bits per heavy atom. The normalized spacial score (nSPS) is 14.7. The van der Waals surface area contributed by atoms with Crippen LogP contribution in [0.25, 0.3) is 33.2 Å². The van der Waals surface area contributed by atoms with Gasteiger partial charge < -0.3 is 25.0 Å². The van der Waals surface area contributed by atoms with Gasteiger partial charge in [0.2, 0.25) is 0 Å². The number of benzene rings is 2. The molecule has 0 bridgehead atoms. The molecule has 1 saturated heterocycles. The molecule has 4 heterocycles. The molecule has 0 spiro atoms. The summed E-state index contributed by atoms with van der Waals surface area (Å²) in [5.41, 5.74) is 6.67. The summed E-state index contributed by atoms with van der Waals surface area (Å²) in [5.74, 6) is 0.0728. The van der Waals surface area contributed by atoms with Crippen LogP contribution < -0.4 is 15.5 Å². The fraction of sp³-hybridized carbons (Fsp3) is 0.367. The second kappa shape index (κ2) is 11.2. The van der Waals surface area contributed by atoms with Gasteiger partial charge in [-0.3, -0.25) is 4.79 Å². The summed E-state index contributed by atoms with van der Waals surface area (Å²) >= 11 is 0. The number of nitrogens with one attached hydrogen (secondary N) is 3. The minimum absolute atomic E-state index is 0. The Hall–Kier alpha value is -3.83. The Balaban J connectivity index is 0.00000337. The number of carbonyl (C=O) groups excluding carboxylic acids is 1. The first-order valence-corrected chi connectivity index (χ1v) is 13.7. The topological polar surface area (TPSA) is 125 Å². The summed E-state index contributed by atoms with van der Waals surface area (Å²) < 4.78 is 5.21. The van der Waals surface area contributed by atoms with E-state index in [4.69, 9.17) is 9.51 Å².